The molecule has 0 bridgehead atoms. The Bertz CT molecular complexity index is 136. The van der Waals surface area contributed by atoms with Crippen LogP contribution in [-0.2, 0) is 0 Å². The predicted octanol–water partition coefficient (Wildman–Crippen LogP) is 2.80. The zero-order chi connectivity index (χ0) is 9.35. The quantitative estimate of drug-likeness (QED) is 0.593. The minimum atomic E-state index is 0.451. The van der Waals surface area contributed by atoms with Gasteiger partial charge < -0.3 is 5.73 Å². The van der Waals surface area contributed by atoms with Crippen molar-refractivity contribution in [3.05, 3.63) is 0 Å². The van der Waals surface area contributed by atoms with Gasteiger partial charge in [0.2, 0.25) is 0 Å². The summed E-state index contributed by atoms with van der Waals surface area (Å²) >= 11 is 0. The number of hydrogen-bond donors (Lipinski definition) is 1. The lowest BCUT2D eigenvalue weighted by atomic mass is 9.68. The van der Waals surface area contributed by atoms with Crippen LogP contribution in [0.3, 0.4) is 0 Å². The van der Waals surface area contributed by atoms with Crippen molar-refractivity contribution in [1.29, 1.82) is 0 Å². The molecule has 12 heavy (non-hydrogen) atoms. The molecule has 0 heterocycles. The number of rotatable bonds is 0. The van der Waals surface area contributed by atoms with Gasteiger partial charge in [-0.15, -0.1) is 0 Å². The highest BCUT2D eigenvalue weighted by molar-refractivity contribution is 4.85. The van der Waals surface area contributed by atoms with Crippen LogP contribution in [0.4, 0.5) is 0 Å². The molecular weight excluding hydrogens is 146 g/mol. The average molecular weight is 169 g/mol. The van der Waals surface area contributed by atoms with Crippen molar-refractivity contribution in [2.45, 2.75) is 53.0 Å². The van der Waals surface area contributed by atoms with Crippen LogP contribution in [0.15, 0.2) is 0 Å². The fourth-order valence-corrected chi connectivity index (χ4v) is 2.36. The van der Waals surface area contributed by atoms with Crippen LogP contribution in [-0.4, -0.2) is 6.04 Å². The molecule has 0 aliphatic heterocycles. The van der Waals surface area contributed by atoms with Crippen molar-refractivity contribution in [3.63, 3.8) is 0 Å². The maximum Gasteiger partial charge on any atom is 0.00442 e. The fourth-order valence-electron chi connectivity index (χ4n) is 2.36. The Labute approximate surface area is 76.7 Å². The molecule has 1 rings (SSSR count). The molecule has 1 nitrogen and oxygen atoms in total. The molecule has 0 amide bonds. The van der Waals surface area contributed by atoms with E-state index < -0.39 is 0 Å². The lowest BCUT2D eigenvalue weighted by molar-refractivity contribution is 0.134. The summed E-state index contributed by atoms with van der Waals surface area (Å²) in [6.07, 6.45) is 3.83. The normalized spacial score (nSPS) is 38.2. The molecule has 1 heteroatoms. The van der Waals surface area contributed by atoms with E-state index in [4.69, 9.17) is 5.73 Å². The zero-order valence-corrected chi connectivity index (χ0v) is 8.93. The Hall–Kier alpha value is -0.0400. The fraction of sp³-hybridized carbons (Fsp3) is 1.00. The Morgan fingerprint density at radius 1 is 1.08 bits per heavy atom. The van der Waals surface area contributed by atoms with Crippen LogP contribution in [0.25, 0.3) is 0 Å². The van der Waals surface area contributed by atoms with E-state index in [1.807, 2.05) is 0 Å². The van der Waals surface area contributed by atoms with E-state index in [0.717, 1.165) is 11.8 Å². The number of nitrogens with two attached hydrogens (primary N) is 1. The highest BCUT2D eigenvalue weighted by Crippen LogP contribution is 2.39. The molecular formula is C11H23N. The van der Waals surface area contributed by atoms with Crippen molar-refractivity contribution in [3.8, 4) is 0 Å². The third-order valence-corrected chi connectivity index (χ3v) is 3.20. The van der Waals surface area contributed by atoms with Gasteiger partial charge in [0.1, 0.15) is 0 Å². The van der Waals surface area contributed by atoms with E-state index in [-0.39, 0.29) is 0 Å². The van der Waals surface area contributed by atoms with Gasteiger partial charge in [-0.25, -0.2) is 0 Å². The Morgan fingerprint density at radius 3 is 2.08 bits per heavy atom. The van der Waals surface area contributed by atoms with E-state index in [2.05, 4.69) is 27.7 Å². The molecule has 1 fully saturated rings. The van der Waals surface area contributed by atoms with E-state index in [1.54, 1.807) is 0 Å². The largest absolute Gasteiger partial charge is 0.328 e. The molecule has 1 aliphatic carbocycles. The molecule has 0 spiro atoms. The number of hydrogen-bond acceptors (Lipinski definition) is 1. The molecule has 0 radical (unpaired) electrons. The van der Waals surface area contributed by atoms with Crippen LogP contribution < -0.4 is 5.73 Å². The lowest BCUT2D eigenvalue weighted by Gasteiger charge is -2.39. The second-order valence-corrected chi connectivity index (χ2v) is 5.64. The molecule has 0 aromatic heterocycles. The first-order chi connectivity index (χ1) is 5.39. The third-order valence-electron chi connectivity index (χ3n) is 3.20. The SMILES string of the molecule is C[C@@H]1CC(C(C)(C)C)C[C@H](N)C1. The van der Waals surface area contributed by atoms with Crippen LogP contribution in [0.1, 0.15) is 47.0 Å². The first-order valence-corrected chi connectivity index (χ1v) is 5.15. The van der Waals surface area contributed by atoms with Crippen molar-refractivity contribution in [1.82, 2.24) is 0 Å². The summed E-state index contributed by atoms with van der Waals surface area (Å²) in [5.41, 5.74) is 6.46. The molecule has 2 N–H and O–H groups in total. The van der Waals surface area contributed by atoms with Gasteiger partial charge in [0, 0.05) is 6.04 Å². The minimum Gasteiger partial charge on any atom is -0.328 e. The van der Waals surface area contributed by atoms with Gasteiger partial charge >= 0.3 is 0 Å². The van der Waals surface area contributed by atoms with E-state index >= 15 is 0 Å². The Balaban J connectivity index is 2.55. The second kappa shape index (κ2) is 3.37. The molecule has 1 saturated carbocycles. The van der Waals surface area contributed by atoms with E-state index in [0.29, 0.717) is 11.5 Å². The Kier molecular flexibility index (Phi) is 2.82. The van der Waals surface area contributed by atoms with Gasteiger partial charge in [0.05, 0.1) is 0 Å². The van der Waals surface area contributed by atoms with Crippen LogP contribution in [0.2, 0.25) is 0 Å². The maximum atomic E-state index is 6.01. The summed E-state index contributed by atoms with van der Waals surface area (Å²) in [6, 6.07) is 0.456. The smallest absolute Gasteiger partial charge is 0.00442 e. The van der Waals surface area contributed by atoms with Gasteiger partial charge in [-0.3, -0.25) is 0 Å². The average Bonchev–Trinajstić information content (AvgIpc) is 1.82. The highest BCUT2D eigenvalue weighted by Gasteiger charge is 2.31. The highest BCUT2D eigenvalue weighted by atomic mass is 14.6. The van der Waals surface area contributed by atoms with Crippen LogP contribution in [0.5, 0.6) is 0 Å². The maximum absolute atomic E-state index is 6.01. The molecule has 0 aromatic rings. The summed E-state index contributed by atoms with van der Waals surface area (Å²) in [7, 11) is 0. The minimum absolute atomic E-state index is 0.451. The Morgan fingerprint density at radius 2 is 1.67 bits per heavy atom. The molecule has 0 aromatic carbocycles. The summed E-state index contributed by atoms with van der Waals surface area (Å²) < 4.78 is 0. The first kappa shape index (κ1) is 10.0. The van der Waals surface area contributed by atoms with Crippen molar-refractivity contribution < 1.29 is 0 Å². The van der Waals surface area contributed by atoms with Crippen LogP contribution in [0, 0.1) is 17.3 Å². The van der Waals surface area contributed by atoms with Crippen molar-refractivity contribution in [2.75, 3.05) is 0 Å². The van der Waals surface area contributed by atoms with Gasteiger partial charge in [-0.2, -0.15) is 0 Å². The summed E-state index contributed by atoms with van der Waals surface area (Å²) in [5.74, 6) is 1.66. The van der Waals surface area contributed by atoms with Gasteiger partial charge in [-0.1, -0.05) is 27.7 Å². The van der Waals surface area contributed by atoms with Gasteiger partial charge in [-0.05, 0) is 36.5 Å². The van der Waals surface area contributed by atoms with E-state index in [1.165, 1.54) is 19.3 Å². The molecule has 3 atom stereocenters. The van der Waals surface area contributed by atoms with Gasteiger partial charge in [0.15, 0.2) is 0 Å². The topological polar surface area (TPSA) is 26.0 Å². The molecule has 1 unspecified atom stereocenters. The third kappa shape index (κ3) is 2.48. The molecule has 0 saturated heterocycles. The molecule has 72 valence electrons. The van der Waals surface area contributed by atoms with Crippen molar-refractivity contribution >= 4 is 0 Å². The molecule has 1 aliphatic rings. The summed E-state index contributed by atoms with van der Waals surface area (Å²) in [6.45, 7) is 9.34. The van der Waals surface area contributed by atoms with Crippen molar-refractivity contribution in [2.24, 2.45) is 23.0 Å². The standard InChI is InChI=1S/C11H23N/c1-8-5-9(11(2,3)4)7-10(12)6-8/h8-10H,5-7,12H2,1-4H3/t8-,9?,10-/m1/s1. The monoisotopic (exact) mass is 169 g/mol. The van der Waals surface area contributed by atoms with E-state index in [9.17, 15) is 0 Å². The lowest BCUT2D eigenvalue weighted by Crippen LogP contribution is -2.37. The van der Waals surface area contributed by atoms with Crippen LogP contribution >= 0.6 is 0 Å². The zero-order valence-electron chi connectivity index (χ0n) is 8.93. The predicted molar refractivity (Wildman–Crippen MR) is 53.9 cm³/mol. The first-order valence-electron chi connectivity index (χ1n) is 5.15. The van der Waals surface area contributed by atoms with Gasteiger partial charge in [0.25, 0.3) is 0 Å². The summed E-state index contributed by atoms with van der Waals surface area (Å²) in [5, 5.41) is 0. The summed E-state index contributed by atoms with van der Waals surface area (Å²) in [4.78, 5) is 0. The second-order valence-electron chi connectivity index (χ2n) is 5.64.